The van der Waals surface area contributed by atoms with Gasteiger partial charge >= 0.3 is 5.97 Å². The number of aliphatic carboxylic acids is 1. The lowest BCUT2D eigenvalue weighted by molar-refractivity contribution is -0.152. The lowest BCUT2D eigenvalue weighted by Crippen LogP contribution is -2.37. The third-order valence-electron chi connectivity index (χ3n) is 5.09. The van der Waals surface area contributed by atoms with Crippen LogP contribution in [0.25, 0.3) is 11.1 Å². The maximum atomic E-state index is 11.4. The van der Waals surface area contributed by atoms with Crippen LogP contribution in [0, 0.1) is 0 Å². The van der Waals surface area contributed by atoms with Crippen molar-refractivity contribution in [2.75, 3.05) is 18.1 Å². The zero-order valence-electron chi connectivity index (χ0n) is 18.6. The first kappa shape index (κ1) is 22.2. The maximum absolute atomic E-state index is 11.4. The molecular weight excluding hydrogens is 420 g/mol. The van der Waals surface area contributed by atoms with E-state index in [9.17, 15) is 9.90 Å². The fourth-order valence-electron chi connectivity index (χ4n) is 3.29. The molecule has 0 spiro atoms. The van der Waals surface area contributed by atoms with Gasteiger partial charge in [-0.1, -0.05) is 42.5 Å². The van der Waals surface area contributed by atoms with Crippen LogP contribution < -0.4 is 14.4 Å². The zero-order valence-corrected chi connectivity index (χ0v) is 18.6. The molecule has 1 heterocycles. The Hall–Kier alpha value is -4.00. The van der Waals surface area contributed by atoms with Gasteiger partial charge in [0.15, 0.2) is 11.2 Å². The van der Waals surface area contributed by atoms with Gasteiger partial charge in [-0.15, -0.1) is 0 Å². The van der Waals surface area contributed by atoms with Gasteiger partial charge in [0.1, 0.15) is 23.6 Å². The van der Waals surface area contributed by atoms with Crippen LogP contribution in [0.4, 0.5) is 6.01 Å². The summed E-state index contributed by atoms with van der Waals surface area (Å²) in [7, 11) is 0. The Morgan fingerprint density at radius 3 is 2.48 bits per heavy atom. The number of carboxylic acid groups (broad SMARTS) is 1. The number of oxazole rings is 1. The predicted molar refractivity (Wildman–Crippen MR) is 126 cm³/mol. The number of rotatable bonds is 10. The van der Waals surface area contributed by atoms with Gasteiger partial charge in [0.05, 0.1) is 6.54 Å². The zero-order chi connectivity index (χ0) is 23.3. The number of nitrogens with zero attached hydrogens (tertiary/aromatic N) is 2. The summed E-state index contributed by atoms with van der Waals surface area (Å²) in [6, 6.07) is 25.1. The van der Waals surface area contributed by atoms with E-state index in [-0.39, 0.29) is 0 Å². The molecule has 0 fully saturated rings. The smallest absolute Gasteiger partial charge is 0.347 e. The van der Waals surface area contributed by atoms with Gasteiger partial charge < -0.3 is 23.9 Å². The summed E-state index contributed by atoms with van der Waals surface area (Å²) in [5.41, 5.74) is 1.08. The molecule has 0 aliphatic rings. The first-order valence-corrected chi connectivity index (χ1v) is 10.7. The number of carboxylic acids is 1. The van der Waals surface area contributed by atoms with Crippen molar-refractivity contribution in [1.29, 1.82) is 0 Å². The summed E-state index contributed by atoms with van der Waals surface area (Å²) in [6.45, 7) is 4.50. The molecule has 0 unspecified atom stereocenters. The van der Waals surface area contributed by atoms with Gasteiger partial charge in [0, 0.05) is 6.54 Å². The summed E-state index contributed by atoms with van der Waals surface area (Å²) >= 11 is 0. The average Bonchev–Trinajstić information content (AvgIpc) is 3.23. The van der Waals surface area contributed by atoms with Crippen molar-refractivity contribution in [2.24, 2.45) is 0 Å². The summed E-state index contributed by atoms with van der Waals surface area (Å²) in [6.07, 6.45) is 0. The van der Waals surface area contributed by atoms with Crippen molar-refractivity contribution >= 4 is 23.1 Å². The SMILES string of the molecule is CC(C)(Oc1cccc(CN(CCOc2ccccc2)c2nc3ccccc3o2)c1)C(=O)O. The van der Waals surface area contributed by atoms with Crippen molar-refractivity contribution in [3.05, 3.63) is 84.4 Å². The van der Waals surface area contributed by atoms with Gasteiger partial charge in [0.25, 0.3) is 6.01 Å². The highest BCUT2D eigenvalue weighted by atomic mass is 16.5. The first-order chi connectivity index (χ1) is 15.9. The molecule has 4 rings (SSSR count). The van der Waals surface area contributed by atoms with Crippen LogP contribution in [0.5, 0.6) is 11.5 Å². The second kappa shape index (κ2) is 9.65. The van der Waals surface area contributed by atoms with E-state index in [0.717, 1.165) is 16.8 Å². The van der Waals surface area contributed by atoms with E-state index in [1.165, 1.54) is 13.8 Å². The molecule has 7 nitrogen and oxygen atoms in total. The Kier molecular flexibility index (Phi) is 6.49. The maximum Gasteiger partial charge on any atom is 0.347 e. The van der Waals surface area contributed by atoms with Gasteiger partial charge in [-0.05, 0) is 55.8 Å². The molecule has 33 heavy (non-hydrogen) atoms. The standard InChI is InChI=1S/C26H26N2O5/c1-26(2,24(29)30)33-21-12-8-9-19(17-21)18-28(15-16-31-20-10-4-3-5-11-20)25-27-22-13-6-7-14-23(22)32-25/h3-14,17H,15-16,18H2,1-2H3,(H,29,30). The third-order valence-corrected chi connectivity index (χ3v) is 5.09. The van der Waals surface area contributed by atoms with Gasteiger partial charge in [-0.2, -0.15) is 4.98 Å². The summed E-state index contributed by atoms with van der Waals surface area (Å²) in [4.78, 5) is 18.1. The molecule has 1 N–H and O–H groups in total. The van der Waals surface area contributed by atoms with Crippen molar-refractivity contribution in [3.8, 4) is 11.5 Å². The fourth-order valence-corrected chi connectivity index (χ4v) is 3.29. The molecule has 0 atom stereocenters. The lowest BCUT2D eigenvalue weighted by Gasteiger charge is -2.23. The average molecular weight is 447 g/mol. The summed E-state index contributed by atoms with van der Waals surface area (Å²) < 4.78 is 17.6. The minimum atomic E-state index is -1.33. The van der Waals surface area contributed by atoms with Crippen LogP contribution in [-0.2, 0) is 11.3 Å². The topological polar surface area (TPSA) is 85.0 Å². The van der Waals surface area contributed by atoms with Crippen molar-refractivity contribution < 1.29 is 23.8 Å². The van der Waals surface area contributed by atoms with Gasteiger partial charge in [-0.3, -0.25) is 0 Å². The number of hydrogen-bond donors (Lipinski definition) is 1. The van der Waals surface area contributed by atoms with Crippen molar-refractivity contribution in [1.82, 2.24) is 4.98 Å². The highest BCUT2D eigenvalue weighted by Gasteiger charge is 2.29. The van der Waals surface area contributed by atoms with E-state index in [4.69, 9.17) is 13.9 Å². The molecule has 0 bridgehead atoms. The Balaban J connectivity index is 1.54. The minimum absolute atomic E-state index is 0.435. The highest BCUT2D eigenvalue weighted by Crippen LogP contribution is 2.25. The Labute approximate surface area is 192 Å². The minimum Gasteiger partial charge on any atom is -0.492 e. The van der Waals surface area contributed by atoms with Crippen LogP contribution in [0.2, 0.25) is 0 Å². The lowest BCUT2D eigenvalue weighted by atomic mass is 10.1. The fraction of sp³-hybridized carbons (Fsp3) is 0.231. The second-order valence-electron chi connectivity index (χ2n) is 8.11. The van der Waals surface area contributed by atoms with E-state index in [0.29, 0.717) is 37.0 Å². The van der Waals surface area contributed by atoms with E-state index < -0.39 is 11.6 Å². The molecule has 0 saturated heterocycles. The van der Waals surface area contributed by atoms with Crippen LogP contribution in [0.1, 0.15) is 19.4 Å². The molecule has 7 heteroatoms. The number of anilines is 1. The quantitative estimate of drug-likeness (QED) is 0.360. The largest absolute Gasteiger partial charge is 0.492 e. The molecule has 170 valence electrons. The normalized spacial score (nSPS) is 11.3. The molecule has 1 aromatic heterocycles. The number of carbonyl (C=O) groups is 1. The molecular formula is C26H26N2O5. The highest BCUT2D eigenvalue weighted by molar-refractivity contribution is 5.77. The molecule has 0 aliphatic carbocycles. The number of aromatic nitrogens is 1. The van der Waals surface area contributed by atoms with Crippen molar-refractivity contribution in [2.45, 2.75) is 26.0 Å². The number of ether oxygens (including phenoxy) is 2. The first-order valence-electron chi connectivity index (χ1n) is 10.7. The van der Waals surface area contributed by atoms with Crippen LogP contribution in [0.15, 0.2) is 83.3 Å². The molecule has 0 saturated carbocycles. The molecule has 4 aromatic rings. The van der Waals surface area contributed by atoms with E-state index in [1.54, 1.807) is 6.07 Å². The molecule has 3 aromatic carbocycles. The molecule has 0 radical (unpaired) electrons. The number of fused-ring (bicyclic) bond motifs is 1. The van der Waals surface area contributed by atoms with Crippen LogP contribution in [-0.4, -0.2) is 34.8 Å². The van der Waals surface area contributed by atoms with Crippen molar-refractivity contribution in [3.63, 3.8) is 0 Å². The predicted octanol–water partition coefficient (Wildman–Crippen LogP) is 5.16. The third kappa shape index (κ3) is 5.63. The summed E-state index contributed by atoms with van der Waals surface area (Å²) in [5.74, 6) is 0.248. The van der Waals surface area contributed by atoms with E-state index >= 15 is 0 Å². The molecule has 0 amide bonds. The molecule has 0 aliphatic heterocycles. The number of benzene rings is 3. The van der Waals surface area contributed by atoms with E-state index in [1.807, 2.05) is 77.7 Å². The van der Waals surface area contributed by atoms with Gasteiger partial charge in [-0.25, -0.2) is 4.79 Å². The van der Waals surface area contributed by atoms with Crippen LogP contribution >= 0.6 is 0 Å². The van der Waals surface area contributed by atoms with Gasteiger partial charge in [0.2, 0.25) is 0 Å². The number of para-hydroxylation sites is 3. The second-order valence-corrected chi connectivity index (χ2v) is 8.11. The summed E-state index contributed by atoms with van der Waals surface area (Å²) in [5, 5.41) is 9.36. The Morgan fingerprint density at radius 2 is 1.73 bits per heavy atom. The monoisotopic (exact) mass is 446 g/mol. The van der Waals surface area contributed by atoms with E-state index in [2.05, 4.69) is 4.98 Å². The number of hydrogen-bond acceptors (Lipinski definition) is 6. The Bertz CT molecular complexity index is 1190. The van der Waals surface area contributed by atoms with Crippen LogP contribution in [0.3, 0.4) is 0 Å². The Morgan fingerprint density at radius 1 is 1.00 bits per heavy atom.